The maximum absolute atomic E-state index is 12.9. The zero-order valence-corrected chi connectivity index (χ0v) is 15.8. The van der Waals surface area contributed by atoms with Gasteiger partial charge in [0.2, 0.25) is 10.0 Å². The fraction of sp³-hybridized carbons (Fsp3) is 0.400. The van der Waals surface area contributed by atoms with Crippen molar-refractivity contribution in [1.29, 1.82) is 0 Å². The lowest BCUT2D eigenvalue weighted by atomic mass is 9.97. The van der Waals surface area contributed by atoms with E-state index in [1.165, 1.54) is 23.3 Å². The predicted molar refractivity (Wildman–Crippen MR) is 101 cm³/mol. The molecule has 6 heteroatoms. The van der Waals surface area contributed by atoms with Crippen LogP contribution in [0.15, 0.2) is 53.4 Å². The number of hydrogen-bond donors (Lipinski definition) is 1. The van der Waals surface area contributed by atoms with Gasteiger partial charge in [-0.3, -0.25) is 4.90 Å². The Bertz CT molecular complexity index is 812. The van der Waals surface area contributed by atoms with Gasteiger partial charge in [0, 0.05) is 13.1 Å². The molecule has 0 unspecified atom stereocenters. The standard InChI is InChI=1S/C20H25FN2O2S/c1-16-2-4-18(5-3-16)15-23-12-10-17(11-13-23)14-22-26(24,25)20-8-6-19(21)7-9-20/h2-9,17,22H,10-15H2,1H3. The highest BCUT2D eigenvalue weighted by molar-refractivity contribution is 7.89. The minimum Gasteiger partial charge on any atom is -0.299 e. The number of hydrogen-bond acceptors (Lipinski definition) is 3. The number of nitrogens with one attached hydrogen (secondary N) is 1. The molecule has 1 heterocycles. The summed E-state index contributed by atoms with van der Waals surface area (Å²) in [5, 5.41) is 0. The Hall–Kier alpha value is -1.76. The van der Waals surface area contributed by atoms with Gasteiger partial charge in [0.25, 0.3) is 0 Å². The van der Waals surface area contributed by atoms with E-state index in [9.17, 15) is 12.8 Å². The highest BCUT2D eigenvalue weighted by Crippen LogP contribution is 2.19. The van der Waals surface area contributed by atoms with Gasteiger partial charge in [-0.15, -0.1) is 0 Å². The largest absolute Gasteiger partial charge is 0.299 e. The average molecular weight is 376 g/mol. The van der Waals surface area contributed by atoms with Crippen LogP contribution in [0.4, 0.5) is 4.39 Å². The van der Waals surface area contributed by atoms with Crippen molar-refractivity contribution in [3.8, 4) is 0 Å². The number of nitrogens with zero attached hydrogens (tertiary/aromatic N) is 1. The lowest BCUT2D eigenvalue weighted by Gasteiger charge is -2.32. The van der Waals surface area contributed by atoms with Crippen LogP contribution in [-0.2, 0) is 16.6 Å². The topological polar surface area (TPSA) is 49.4 Å². The van der Waals surface area contributed by atoms with E-state index in [1.54, 1.807) is 0 Å². The van der Waals surface area contributed by atoms with Gasteiger partial charge in [0.05, 0.1) is 4.90 Å². The van der Waals surface area contributed by atoms with Crippen LogP contribution < -0.4 is 4.72 Å². The molecule has 0 spiro atoms. The summed E-state index contributed by atoms with van der Waals surface area (Å²) in [5.41, 5.74) is 2.58. The second-order valence-electron chi connectivity index (χ2n) is 7.01. The lowest BCUT2D eigenvalue weighted by molar-refractivity contribution is 0.178. The van der Waals surface area contributed by atoms with Crippen LogP contribution in [0.1, 0.15) is 24.0 Å². The highest BCUT2D eigenvalue weighted by Gasteiger charge is 2.22. The average Bonchev–Trinajstić information content (AvgIpc) is 2.63. The molecule has 0 atom stereocenters. The Labute approximate surface area is 155 Å². The summed E-state index contributed by atoms with van der Waals surface area (Å²) in [6.07, 6.45) is 1.94. The predicted octanol–water partition coefficient (Wildman–Crippen LogP) is 3.32. The number of piperidine rings is 1. The van der Waals surface area contributed by atoms with E-state index in [-0.39, 0.29) is 4.90 Å². The summed E-state index contributed by atoms with van der Waals surface area (Å²) < 4.78 is 40.2. The minimum absolute atomic E-state index is 0.107. The van der Waals surface area contributed by atoms with E-state index in [0.717, 1.165) is 44.6 Å². The number of aryl methyl sites for hydroxylation is 1. The quantitative estimate of drug-likeness (QED) is 0.841. The molecule has 2 aromatic carbocycles. The first-order valence-corrected chi connectivity index (χ1v) is 10.4. The smallest absolute Gasteiger partial charge is 0.240 e. The number of likely N-dealkylation sites (tertiary alicyclic amines) is 1. The van der Waals surface area contributed by atoms with Gasteiger partial charge in [0.15, 0.2) is 0 Å². The Morgan fingerprint density at radius 3 is 2.27 bits per heavy atom. The van der Waals surface area contributed by atoms with Gasteiger partial charge in [-0.1, -0.05) is 29.8 Å². The van der Waals surface area contributed by atoms with Crippen molar-refractivity contribution in [2.75, 3.05) is 19.6 Å². The van der Waals surface area contributed by atoms with Crippen molar-refractivity contribution in [2.24, 2.45) is 5.92 Å². The van der Waals surface area contributed by atoms with Crippen LogP contribution in [0, 0.1) is 18.7 Å². The molecule has 0 radical (unpaired) electrons. The van der Waals surface area contributed by atoms with Crippen molar-refractivity contribution >= 4 is 10.0 Å². The van der Waals surface area contributed by atoms with Crippen LogP contribution in [0.2, 0.25) is 0 Å². The molecular weight excluding hydrogens is 351 g/mol. The molecule has 140 valence electrons. The van der Waals surface area contributed by atoms with E-state index in [4.69, 9.17) is 0 Å². The zero-order chi connectivity index (χ0) is 18.6. The monoisotopic (exact) mass is 376 g/mol. The highest BCUT2D eigenvalue weighted by atomic mass is 32.2. The molecule has 0 aromatic heterocycles. The van der Waals surface area contributed by atoms with Gasteiger partial charge in [-0.05, 0) is 68.6 Å². The molecule has 4 nitrogen and oxygen atoms in total. The summed E-state index contributed by atoms with van der Waals surface area (Å²) in [4.78, 5) is 2.52. The van der Waals surface area contributed by atoms with Gasteiger partial charge < -0.3 is 0 Å². The molecule has 3 rings (SSSR count). The molecule has 26 heavy (non-hydrogen) atoms. The molecule has 0 aliphatic carbocycles. The van der Waals surface area contributed by atoms with Crippen LogP contribution in [-0.4, -0.2) is 33.0 Å². The Balaban J connectivity index is 1.46. The summed E-state index contributed by atoms with van der Waals surface area (Å²) in [5.74, 6) is -0.107. The number of halogens is 1. The second kappa shape index (κ2) is 8.29. The Morgan fingerprint density at radius 1 is 1.04 bits per heavy atom. The van der Waals surface area contributed by atoms with E-state index in [2.05, 4.69) is 40.8 Å². The second-order valence-corrected chi connectivity index (χ2v) is 8.78. The summed E-state index contributed by atoms with van der Waals surface area (Å²) in [7, 11) is -3.57. The Kier molecular flexibility index (Phi) is 6.06. The third kappa shape index (κ3) is 5.13. The maximum Gasteiger partial charge on any atom is 0.240 e. The maximum atomic E-state index is 12.9. The molecule has 0 amide bonds. The van der Waals surface area contributed by atoms with Crippen LogP contribution >= 0.6 is 0 Å². The molecule has 1 aliphatic heterocycles. The summed E-state index contributed by atoms with van der Waals surface area (Å²) in [6.45, 7) is 5.39. The van der Waals surface area contributed by atoms with Gasteiger partial charge in [-0.2, -0.15) is 0 Å². The first-order valence-electron chi connectivity index (χ1n) is 8.95. The fourth-order valence-electron chi connectivity index (χ4n) is 3.23. The SMILES string of the molecule is Cc1ccc(CN2CCC(CNS(=O)(=O)c3ccc(F)cc3)CC2)cc1. The van der Waals surface area contributed by atoms with Gasteiger partial charge in [0.1, 0.15) is 5.82 Å². The van der Waals surface area contributed by atoms with Gasteiger partial charge in [-0.25, -0.2) is 17.5 Å². The first-order chi connectivity index (χ1) is 12.4. The van der Waals surface area contributed by atoms with E-state index in [1.807, 2.05) is 0 Å². The zero-order valence-electron chi connectivity index (χ0n) is 15.0. The normalized spacial score (nSPS) is 16.7. The van der Waals surface area contributed by atoms with Crippen molar-refractivity contribution in [3.63, 3.8) is 0 Å². The molecule has 0 bridgehead atoms. The first kappa shape index (κ1) is 19.0. The molecular formula is C20H25FN2O2S. The molecule has 0 saturated carbocycles. The summed E-state index contributed by atoms with van der Waals surface area (Å²) >= 11 is 0. The molecule has 2 aromatic rings. The van der Waals surface area contributed by atoms with Crippen LogP contribution in [0.3, 0.4) is 0 Å². The molecule has 1 N–H and O–H groups in total. The number of rotatable bonds is 6. The lowest BCUT2D eigenvalue weighted by Crippen LogP contribution is -2.38. The fourth-order valence-corrected chi connectivity index (χ4v) is 4.34. The van der Waals surface area contributed by atoms with Crippen molar-refractivity contribution in [2.45, 2.75) is 31.2 Å². The third-order valence-electron chi connectivity index (χ3n) is 4.92. The van der Waals surface area contributed by atoms with E-state index < -0.39 is 15.8 Å². The number of benzene rings is 2. The molecule has 1 aliphatic rings. The Morgan fingerprint density at radius 2 is 1.65 bits per heavy atom. The summed E-state index contributed by atoms with van der Waals surface area (Å²) in [6, 6.07) is 13.5. The van der Waals surface area contributed by atoms with E-state index >= 15 is 0 Å². The van der Waals surface area contributed by atoms with Crippen LogP contribution in [0.5, 0.6) is 0 Å². The number of sulfonamides is 1. The van der Waals surface area contributed by atoms with Gasteiger partial charge >= 0.3 is 0 Å². The van der Waals surface area contributed by atoms with Crippen molar-refractivity contribution < 1.29 is 12.8 Å². The van der Waals surface area contributed by atoms with E-state index in [0.29, 0.717) is 12.5 Å². The third-order valence-corrected chi connectivity index (χ3v) is 6.36. The van der Waals surface area contributed by atoms with Crippen molar-refractivity contribution in [1.82, 2.24) is 9.62 Å². The molecule has 1 saturated heterocycles. The minimum atomic E-state index is -3.57. The molecule has 1 fully saturated rings. The van der Waals surface area contributed by atoms with Crippen molar-refractivity contribution in [3.05, 3.63) is 65.5 Å². The van der Waals surface area contributed by atoms with Crippen LogP contribution in [0.25, 0.3) is 0 Å².